The van der Waals surface area contributed by atoms with Crippen molar-refractivity contribution in [3.05, 3.63) is 63.3 Å². The Balaban J connectivity index is 1.74. The predicted octanol–water partition coefficient (Wildman–Crippen LogP) is 5.82. The normalized spacial score (nSPS) is 16.8. The molecule has 0 spiro atoms. The maximum absolute atomic E-state index is 13.4. The van der Waals surface area contributed by atoms with Gasteiger partial charge in [-0.2, -0.15) is 13.2 Å². The number of nitrogens with one attached hydrogen (secondary N) is 1. The van der Waals surface area contributed by atoms with Crippen molar-refractivity contribution >= 4 is 22.3 Å². The Morgan fingerprint density at radius 1 is 1.20 bits per heavy atom. The molecule has 1 aromatic heterocycles. The molecular formula is C24H24F3N3O5. The summed E-state index contributed by atoms with van der Waals surface area (Å²) < 4.78 is 57.0. The first-order valence-electron chi connectivity index (χ1n) is 10.9. The molecule has 2 atom stereocenters. The van der Waals surface area contributed by atoms with E-state index >= 15 is 0 Å². The molecular weight excluding hydrogens is 467 g/mol. The highest BCUT2D eigenvalue weighted by Crippen LogP contribution is 2.38. The highest BCUT2D eigenvalue weighted by molar-refractivity contribution is 5.94. The highest BCUT2D eigenvalue weighted by atomic mass is 19.4. The van der Waals surface area contributed by atoms with Gasteiger partial charge in [-0.25, -0.2) is 0 Å². The van der Waals surface area contributed by atoms with Gasteiger partial charge in [0.2, 0.25) is 0 Å². The number of hydrogen-bond acceptors (Lipinski definition) is 7. The Morgan fingerprint density at radius 3 is 2.60 bits per heavy atom. The number of alkyl halides is 3. The van der Waals surface area contributed by atoms with Crippen LogP contribution in [0.5, 0.6) is 11.5 Å². The number of aryl methyl sites for hydroxylation is 1. The zero-order valence-corrected chi connectivity index (χ0v) is 19.3. The first-order valence-corrected chi connectivity index (χ1v) is 10.9. The SMILES string of the molecule is COc1cc2nc(C)cc(N[C@H](C)c3cc([N+](=O)[O-])cc(C(F)(F)F)c3)c2cc1OC1CCOC1. The zero-order valence-electron chi connectivity index (χ0n) is 19.3. The van der Waals surface area contributed by atoms with E-state index in [-0.39, 0.29) is 11.7 Å². The van der Waals surface area contributed by atoms with Crippen molar-refractivity contribution in [3.8, 4) is 11.5 Å². The van der Waals surface area contributed by atoms with Crippen molar-refractivity contribution in [2.75, 3.05) is 25.6 Å². The van der Waals surface area contributed by atoms with Gasteiger partial charge in [-0.05, 0) is 37.6 Å². The molecule has 8 nitrogen and oxygen atoms in total. The predicted molar refractivity (Wildman–Crippen MR) is 123 cm³/mol. The lowest BCUT2D eigenvalue weighted by atomic mass is 10.0. The van der Waals surface area contributed by atoms with E-state index in [9.17, 15) is 23.3 Å². The van der Waals surface area contributed by atoms with Gasteiger partial charge in [-0.15, -0.1) is 0 Å². The molecule has 0 radical (unpaired) electrons. The van der Waals surface area contributed by atoms with Gasteiger partial charge >= 0.3 is 6.18 Å². The minimum Gasteiger partial charge on any atom is -0.493 e. The number of aromatic nitrogens is 1. The van der Waals surface area contributed by atoms with Crippen molar-refractivity contribution in [2.45, 2.75) is 38.6 Å². The molecule has 0 amide bonds. The fourth-order valence-corrected chi connectivity index (χ4v) is 3.99. The fraction of sp³-hybridized carbons (Fsp3) is 0.375. The topological polar surface area (TPSA) is 95.8 Å². The number of nitrogens with zero attached hydrogens (tertiary/aromatic N) is 2. The van der Waals surface area contributed by atoms with E-state index in [1.807, 2.05) is 0 Å². The van der Waals surface area contributed by atoms with Crippen LogP contribution in [-0.2, 0) is 10.9 Å². The van der Waals surface area contributed by atoms with Crippen LogP contribution < -0.4 is 14.8 Å². The van der Waals surface area contributed by atoms with E-state index in [1.54, 1.807) is 32.0 Å². The lowest BCUT2D eigenvalue weighted by molar-refractivity contribution is -0.385. The maximum atomic E-state index is 13.4. The molecule has 1 aliphatic heterocycles. The molecule has 1 unspecified atom stereocenters. The summed E-state index contributed by atoms with van der Waals surface area (Å²) in [7, 11) is 1.52. The largest absolute Gasteiger partial charge is 0.493 e. The van der Waals surface area contributed by atoms with E-state index in [0.29, 0.717) is 53.1 Å². The molecule has 3 aromatic rings. The second-order valence-electron chi connectivity index (χ2n) is 8.37. The molecule has 0 saturated carbocycles. The summed E-state index contributed by atoms with van der Waals surface area (Å²) in [6.45, 7) is 4.49. The number of nitro groups is 1. The number of anilines is 1. The molecule has 4 rings (SSSR count). The van der Waals surface area contributed by atoms with E-state index in [4.69, 9.17) is 14.2 Å². The van der Waals surface area contributed by atoms with Crippen LogP contribution in [0.15, 0.2) is 36.4 Å². The molecule has 2 heterocycles. The number of halogens is 3. The van der Waals surface area contributed by atoms with Crippen LogP contribution in [0, 0.1) is 17.0 Å². The van der Waals surface area contributed by atoms with Crippen molar-refractivity contribution in [1.82, 2.24) is 4.98 Å². The average molecular weight is 491 g/mol. The third-order valence-corrected chi connectivity index (χ3v) is 5.75. The standard InChI is InChI=1S/C24H24F3N3O5/c1-13-6-20(29-14(2)15-7-16(24(25,26)27)9-17(8-15)30(31)32)19-10-23(35-18-4-5-34-12-18)22(33-3)11-21(19)28-13/h6-11,14,18H,4-5,12H2,1-3H3,(H,28,29)/t14-,18?/m1/s1. The lowest BCUT2D eigenvalue weighted by Crippen LogP contribution is -2.16. The van der Waals surface area contributed by atoms with E-state index in [1.165, 1.54) is 7.11 Å². The summed E-state index contributed by atoms with van der Waals surface area (Å²) >= 11 is 0. The molecule has 0 aliphatic carbocycles. The minimum atomic E-state index is -4.72. The van der Waals surface area contributed by atoms with E-state index in [0.717, 1.165) is 18.6 Å². The van der Waals surface area contributed by atoms with Crippen LogP contribution in [0.25, 0.3) is 10.9 Å². The van der Waals surface area contributed by atoms with Gasteiger partial charge in [0.25, 0.3) is 5.69 Å². The van der Waals surface area contributed by atoms with E-state index < -0.39 is 28.4 Å². The van der Waals surface area contributed by atoms with Crippen molar-refractivity contribution in [2.24, 2.45) is 0 Å². The second-order valence-corrected chi connectivity index (χ2v) is 8.37. The summed E-state index contributed by atoms with van der Waals surface area (Å²) in [5.41, 5.74) is 0.282. The number of pyridine rings is 1. The van der Waals surface area contributed by atoms with Crippen LogP contribution in [0.1, 0.15) is 36.2 Å². The van der Waals surface area contributed by atoms with Gasteiger partial charge in [0.05, 0.1) is 36.3 Å². The quantitative estimate of drug-likeness (QED) is 0.329. The number of fused-ring (bicyclic) bond motifs is 1. The Kier molecular flexibility index (Phi) is 6.70. The number of nitro benzene ring substituents is 1. The second kappa shape index (κ2) is 9.57. The number of hydrogen-bond donors (Lipinski definition) is 1. The van der Waals surface area contributed by atoms with Gasteiger partial charge in [-0.3, -0.25) is 15.1 Å². The summed E-state index contributed by atoms with van der Waals surface area (Å²) in [5.74, 6) is 0.988. The number of ether oxygens (including phenoxy) is 3. The number of methoxy groups -OCH3 is 1. The summed E-state index contributed by atoms with van der Waals surface area (Å²) in [6, 6.07) is 7.16. The monoisotopic (exact) mass is 491 g/mol. The maximum Gasteiger partial charge on any atom is 0.416 e. The van der Waals surface area contributed by atoms with Crippen molar-refractivity contribution < 1.29 is 32.3 Å². The number of rotatable bonds is 7. The van der Waals surface area contributed by atoms with Crippen LogP contribution in [0.4, 0.5) is 24.5 Å². The van der Waals surface area contributed by atoms with Crippen LogP contribution >= 0.6 is 0 Å². The lowest BCUT2D eigenvalue weighted by Gasteiger charge is -2.20. The molecule has 186 valence electrons. The first kappa shape index (κ1) is 24.5. The average Bonchev–Trinajstić information content (AvgIpc) is 3.31. The van der Waals surface area contributed by atoms with Gasteiger partial charge in [-0.1, -0.05) is 0 Å². The summed E-state index contributed by atoms with van der Waals surface area (Å²) in [4.78, 5) is 15.0. The van der Waals surface area contributed by atoms with Gasteiger partial charge in [0, 0.05) is 47.4 Å². The van der Waals surface area contributed by atoms with E-state index in [2.05, 4.69) is 10.3 Å². The Hall–Kier alpha value is -3.60. The third-order valence-electron chi connectivity index (χ3n) is 5.75. The first-order chi connectivity index (χ1) is 16.5. The van der Waals surface area contributed by atoms with Crippen molar-refractivity contribution in [3.63, 3.8) is 0 Å². The summed E-state index contributed by atoms with van der Waals surface area (Å²) in [6.07, 6.45) is -4.10. The Morgan fingerprint density at radius 2 is 1.97 bits per heavy atom. The molecule has 2 aromatic carbocycles. The van der Waals surface area contributed by atoms with Crippen molar-refractivity contribution in [1.29, 1.82) is 0 Å². The minimum absolute atomic E-state index is 0.124. The van der Waals surface area contributed by atoms with Gasteiger partial charge < -0.3 is 19.5 Å². The molecule has 11 heteroatoms. The van der Waals surface area contributed by atoms with Gasteiger partial charge in [0.1, 0.15) is 6.10 Å². The molecule has 0 bridgehead atoms. The summed E-state index contributed by atoms with van der Waals surface area (Å²) in [5, 5.41) is 15.1. The Labute approximate surface area is 199 Å². The van der Waals surface area contributed by atoms with Crippen LogP contribution in [0.3, 0.4) is 0 Å². The zero-order chi connectivity index (χ0) is 25.3. The van der Waals surface area contributed by atoms with Crippen LogP contribution in [-0.4, -0.2) is 36.3 Å². The molecule has 1 N–H and O–H groups in total. The van der Waals surface area contributed by atoms with Crippen LogP contribution in [0.2, 0.25) is 0 Å². The molecule has 1 saturated heterocycles. The molecule has 1 aliphatic rings. The Bertz CT molecular complexity index is 1260. The highest BCUT2D eigenvalue weighted by Gasteiger charge is 2.33. The van der Waals surface area contributed by atoms with Gasteiger partial charge in [0.15, 0.2) is 11.5 Å². The molecule has 35 heavy (non-hydrogen) atoms. The molecule has 1 fully saturated rings. The fourth-order valence-electron chi connectivity index (χ4n) is 3.99. The smallest absolute Gasteiger partial charge is 0.416 e. The number of benzene rings is 2. The third kappa shape index (κ3) is 5.40. The number of non-ortho nitro benzene ring substituents is 1.